The number of carbonyl (C=O) groups is 1. The number of fused-ring (bicyclic) bond motifs is 1. The van der Waals surface area contributed by atoms with E-state index in [2.05, 4.69) is 10.3 Å². The Bertz CT molecular complexity index is 697. The Morgan fingerprint density at radius 1 is 1.32 bits per heavy atom. The van der Waals surface area contributed by atoms with E-state index in [1.54, 1.807) is 23.5 Å². The molecular formula is C14H12N2O2S. The summed E-state index contributed by atoms with van der Waals surface area (Å²) >= 11 is 1.55. The van der Waals surface area contributed by atoms with Gasteiger partial charge < -0.3 is 9.73 Å². The Balaban J connectivity index is 1.96. The van der Waals surface area contributed by atoms with Crippen LogP contribution in [-0.4, -0.2) is 17.4 Å². The van der Waals surface area contributed by atoms with Crippen LogP contribution in [0.1, 0.15) is 17.5 Å². The van der Waals surface area contributed by atoms with Gasteiger partial charge >= 0.3 is 0 Å². The number of hydrogen-bond donors (Lipinski definition) is 1. The number of carbonyl (C=O) groups excluding carboxylic acids is 1. The molecule has 0 saturated carbocycles. The molecule has 96 valence electrons. The lowest BCUT2D eigenvalue weighted by molar-refractivity contribution is 0.0929. The van der Waals surface area contributed by atoms with Crippen LogP contribution in [0, 0.1) is 0 Å². The van der Waals surface area contributed by atoms with Crippen molar-refractivity contribution in [3.8, 4) is 10.8 Å². The summed E-state index contributed by atoms with van der Waals surface area (Å²) in [4.78, 5) is 16.1. The van der Waals surface area contributed by atoms with Crippen molar-refractivity contribution >= 4 is 27.5 Å². The van der Waals surface area contributed by atoms with Crippen LogP contribution < -0.4 is 5.32 Å². The molecule has 2 heterocycles. The molecule has 0 bridgehead atoms. The fourth-order valence-corrected chi connectivity index (χ4v) is 2.73. The maximum absolute atomic E-state index is 11.6. The Morgan fingerprint density at radius 3 is 2.95 bits per heavy atom. The van der Waals surface area contributed by atoms with E-state index < -0.39 is 0 Å². The van der Waals surface area contributed by atoms with Crippen molar-refractivity contribution < 1.29 is 9.21 Å². The maximum Gasteiger partial charge on any atom is 0.287 e. The number of amides is 1. The van der Waals surface area contributed by atoms with E-state index in [1.165, 1.54) is 0 Å². The summed E-state index contributed by atoms with van der Waals surface area (Å²) < 4.78 is 6.65. The molecule has 0 fully saturated rings. The normalized spacial score (nSPS) is 10.8. The molecule has 4 nitrogen and oxygen atoms in total. The minimum absolute atomic E-state index is 0.199. The van der Waals surface area contributed by atoms with Crippen LogP contribution in [0.2, 0.25) is 0 Å². The zero-order valence-corrected chi connectivity index (χ0v) is 11.2. The van der Waals surface area contributed by atoms with Crippen LogP contribution in [0.15, 0.2) is 40.8 Å². The molecule has 0 aliphatic rings. The highest BCUT2D eigenvalue weighted by atomic mass is 32.1. The predicted molar refractivity (Wildman–Crippen MR) is 75.3 cm³/mol. The highest BCUT2D eigenvalue weighted by molar-refractivity contribution is 7.21. The summed E-state index contributed by atoms with van der Waals surface area (Å²) in [6.07, 6.45) is 0. The zero-order chi connectivity index (χ0) is 13.2. The Kier molecular flexibility index (Phi) is 3.05. The van der Waals surface area contributed by atoms with Crippen molar-refractivity contribution in [3.05, 3.63) is 42.2 Å². The number of para-hydroxylation sites is 1. The van der Waals surface area contributed by atoms with Gasteiger partial charge in [-0.25, -0.2) is 4.98 Å². The molecule has 2 aromatic heterocycles. The van der Waals surface area contributed by atoms with Gasteiger partial charge in [-0.1, -0.05) is 12.1 Å². The molecule has 0 saturated heterocycles. The SMILES string of the molecule is CCNC(=O)c1ccc(-c2nc3ccccc3s2)o1. The fourth-order valence-electron chi connectivity index (χ4n) is 1.80. The quantitative estimate of drug-likeness (QED) is 0.795. The van der Waals surface area contributed by atoms with Gasteiger partial charge in [0.05, 0.1) is 10.2 Å². The average molecular weight is 272 g/mol. The molecular weight excluding hydrogens is 260 g/mol. The van der Waals surface area contributed by atoms with Crippen molar-refractivity contribution in [3.63, 3.8) is 0 Å². The van der Waals surface area contributed by atoms with Gasteiger partial charge in [0, 0.05) is 6.54 Å². The number of rotatable bonds is 3. The molecule has 0 aliphatic carbocycles. The van der Waals surface area contributed by atoms with Crippen LogP contribution in [0.25, 0.3) is 21.0 Å². The van der Waals surface area contributed by atoms with Crippen LogP contribution in [-0.2, 0) is 0 Å². The third-order valence-corrected chi connectivity index (χ3v) is 3.72. The van der Waals surface area contributed by atoms with Crippen molar-refractivity contribution in [2.75, 3.05) is 6.54 Å². The molecule has 1 N–H and O–H groups in total. The zero-order valence-electron chi connectivity index (χ0n) is 10.3. The predicted octanol–water partition coefficient (Wildman–Crippen LogP) is 3.31. The third kappa shape index (κ3) is 2.24. The van der Waals surface area contributed by atoms with Crippen molar-refractivity contribution in [2.24, 2.45) is 0 Å². The molecule has 3 rings (SSSR count). The van der Waals surface area contributed by atoms with Crippen LogP contribution in [0.5, 0.6) is 0 Å². The van der Waals surface area contributed by atoms with Crippen LogP contribution >= 0.6 is 11.3 Å². The standard InChI is InChI=1S/C14H12N2O2S/c1-2-15-13(17)10-7-8-11(18-10)14-16-9-5-3-4-6-12(9)19-14/h3-8H,2H2,1H3,(H,15,17). The maximum atomic E-state index is 11.6. The Morgan fingerprint density at radius 2 is 2.16 bits per heavy atom. The number of aromatic nitrogens is 1. The molecule has 1 amide bonds. The Labute approximate surface area is 114 Å². The molecule has 1 aromatic carbocycles. The summed E-state index contributed by atoms with van der Waals surface area (Å²) in [5.41, 5.74) is 0.943. The summed E-state index contributed by atoms with van der Waals surface area (Å²) in [6, 6.07) is 11.4. The van der Waals surface area contributed by atoms with E-state index in [1.807, 2.05) is 31.2 Å². The number of nitrogens with one attached hydrogen (secondary N) is 1. The molecule has 0 atom stereocenters. The molecule has 0 radical (unpaired) electrons. The topological polar surface area (TPSA) is 55.1 Å². The van der Waals surface area contributed by atoms with Gasteiger partial charge in [-0.05, 0) is 31.2 Å². The number of benzene rings is 1. The van der Waals surface area contributed by atoms with E-state index in [0.29, 0.717) is 18.1 Å². The van der Waals surface area contributed by atoms with Crippen molar-refractivity contribution in [1.29, 1.82) is 0 Å². The molecule has 0 spiro atoms. The molecule has 5 heteroatoms. The summed E-state index contributed by atoms with van der Waals surface area (Å²) in [5.74, 6) is 0.744. The van der Waals surface area contributed by atoms with E-state index >= 15 is 0 Å². The highest BCUT2D eigenvalue weighted by Gasteiger charge is 2.14. The molecule has 0 unspecified atom stereocenters. The van der Waals surface area contributed by atoms with Gasteiger partial charge in [0.25, 0.3) is 5.91 Å². The number of hydrogen-bond acceptors (Lipinski definition) is 4. The average Bonchev–Trinajstić information content (AvgIpc) is 3.05. The van der Waals surface area contributed by atoms with Gasteiger partial charge in [-0.3, -0.25) is 4.79 Å². The van der Waals surface area contributed by atoms with Crippen LogP contribution in [0.3, 0.4) is 0 Å². The number of thiazole rings is 1. The minimum atomic E-state index is -0.199. The summed E-state index contributed by atoms with van der Waals surface area (Å²) in [6.45, 7) is 2.45. The Hall–Kier alpha value is -2.14. The van der Waals surface area contributed by atoms with Gasteiger partial charge in [0.1, 0.15) is 0 Å². The van der Waals surface area contributed by atoms with Gasteiger partial charge in [0.2, 0.25) is 0 Å². The van der Waals surface area contributed by atoms with Crippen molar-refractivity contribution in [1.82, 2.24) is 10.3 Å². The highest BCUT2D eigenvalue weighted by Crippen LogP contribution is 2.30. The minimum Gasteiger partial charge on any atom is -0.448 e. The first kappa shape index (κ1) is 11.9. The van der Waals surface area contributed by atoms with E-state index in [-0.39, 0.29) is 5.91 Å². The lowest BCUT2D eigenvalue weighted by atomic mass is 10.3. The van der Waals surface area contributed by atoms with Crippen LogP contribution in [0.4, 0.5) is 0 Å². The summed E-state index contributed by atoms with van der Waals surface area (Å²) in [7, 11) is 0. The van der Waals surface area contributed by atoms with Gasteiger partial charge in [-0.2, -0.15) is 0 Å². The number of furan rings is 1. The van der Waals surface area contributed by atoms with Gasteiger partial charge in [-0.15, -0.1) is 11.3 Å². The first-order chi connectivity index (χ1) is 9.28. The second-order valence-electron chi connectivity index (χ2n) is 4.01. The second kappa shape index (κ2) is 4.85. The van der Waals surface area contributed by atoms with E-state index in [4.69, 9.17) is 4.42 Å². The van der Waals surface area contributed by atoms with E-state index in [9.17, 15) is 4.79 Å². The fraction of sp³-hybridized carbons (Fsp3) is 0.143. The monoisotopic (exact) mass is 272 g/mol. The first-order valence-corrected chi connectivity index (χ1v) is 6.83. The smallest absolute Gasteiger partial charge is 0.287 e. The molecule has 3 aromatic rings. The number of nitrogens with zero attached hydrogens (tertiary/aromatic N) is 1. The van der Waals surface area contributed by atoms with E-state index in [0.717, 1.165) is 15.2 Å². The lowest BCUT2D eigenvalue weighted by Crippen LogP contribution is -2.21. The van der Waals surface area contributed by atoms with Gasteiger partial charge in [0.15, 0.2) is 16.5 Å². The summed E-state index contributed by atoms with van der Waals surface area (Å²) in [5, 5.41) is 3.49. The molecule has 19 heavy (non-hydrogen) atoms. The third-order valence-electron chi connectivity index (χ3n) is 2.67. The lowest BCUT2D eigenvalue weighted by Gasteiger charge is -1.96. The largest absolute Gasteiger partial charge is 0.448 e. The molecule has 0 aliphatic heterocycles. The van der Waals surface area contributed by atoms with Crippen molar-refractivity contribution in [2.45, 2.75) is 6.92 Å². The first-order valence-electron chi connectivity index (χ1n) is 6.02. The second-order valence-corrected chi connectivity index (χ2v) is 5.04.